The van der Waals surface area contributed by atoms with Gasteiger partial charge in [0.1, 0.15) is 18.1 Å². The molecule has 35 heavy (non-hydrogen) atoms. The van der Waals surface area contributed by atoms with Crippen LogP contribution in [0.4, 0.5) is 21.8 Å². The van der Waals surface area contributed by atoms with Crippen molar-refractivity contribution in [2.45, 2.75) is 25.6 Å². The molecule has 0 amide bonds. The summed E-state index contributed by atoms with van der Waals surface area (Å²) in [5, 5.41) is 12.8. The summed E-state index contributed by atoms with van der Waals surface area (Å²) in [6.07, 6.45) is 5.71. The first-order chi connectivity index (χ1) is 17.2. The molecule has 9 nitrogen and oxygen atoms in total. The zero-order valence-electron chi connectivity index (χ0n) is 19.4. The minimum absolute atomic E-state index is 0.266. The van der Waals surface area contributed by atoms with Crippen molar-refractivity contribution in [3.05, 3.63) is 54.1 Å². The first kappa shape index (κ1) is 23.1. The number of rotatable bonds is 6. The Morgan fingerprint density at radius 3 is 2.86 bits per heavy atom. The standard InChI is InChI=1S/C25H27FN8O/c26-20-5-8-34(16-20)24-18(13-27)12-19(14-30-24)23-4-6-28-25(32-23)31-21-2-3-22(29-15-21)17-33-7-1-10-35-11-9-33/h2-4,6,12,14-15,20H,1,5,7-11,16-17H2,(H,28,31,32). The van der Waals surface area contributed by atoms with Crippen LogP contribution < -0.4 is 10.2 Å². The van der Waals surface area contributed by atoms with Gasteiger partial charge < -0.3 is 15.0 Å². The third-order valence-corrected chi connectivity index (χ3v) is 6.15. The Morgan fingerprint density at radius 1 is 1.11 bits per heavy atom. The number of anilines is 3. The largest absolute Gasteiger partial charge is 0.380 e. The number of hydrogen-bond acceptors (Lipinski definition) is 9. The lowest BCUT2D eigenvalue weighted by Gasteiger charge is -2.18. The van der Waals surface area contributed by atoms with Crippen molar-refractivity contribution < 1.29 is 9.13 Å². The van der Waals surface area contributed by atoms with Gasteiger partial charge in [-0.1, -0.05) is 0 Å². The van der Waals surface area contributed by atoms with Crippen LogP contribution in [0.15, 0.2) is 42.9 Å². The van der Waals surface area contributed by atoms with Gasteiger partial charge in [0.25, 0.3) is 0 Å². The Hall–Kier alpha value is -3.68. The number of pyridine rings is 2. The molecule has 0 bridgehead atoms. The predicted molar refractivity (Wildman–Crippen MR) is 130 cm³/mol. The molecule has 0 spiro atoms. The number of nitriles is 1. The molecule has 0 saturated carbocycles. The molecule has 1 N–H and O–H groups in total. The van der Waals surface area contributed by atoms with Crippen molar-refractivity contribution >= 4 is 17.5 Å². The minimum Gasteiger partial charge on any atom is -0.380 e. The van der Waals surface area contributed by atoms with E-state index in [1.54, 1.807) is 30.7 Å². The number of nitrogens with zero attached hydrogens (tertiary/aromatic N) is 7. The van der Waals surface area contributed by atoms with E-state index in [-0.39, 0.29) is 6.54 Å². The summed E-state index contributed by atoms with van der Waals surface area (Å²) in [7, 11) is 0. The SMILES string of the molecule is N#Cc1cc(-c2ccnc(Nc3ccc(CN4CCCOCC4)nc3)n2)cnc1N1CCC(F)C1. The molecule has 3 aromatic heterocycles. The van der Waals surface area contributed by atoms with Gasteiger partial charge in [0.05, 0.1) is 42.0 Å². The van der Waals surface area contributed by atoms with Gasteiger partial charge in [0.15, 0.2) is 0 Å². The molecule has 0 aromatic carbocycles. The molecule has 2 fully saturated rings. The van der Waals surface area contributed by atoms with Gasteiger partial charge in [-0.15, -0.1) is 0 Å². The lowest BCUT2D eigenvalue weighted by molar-refractivity contribution is 0.140. The summed E-state index contributed by atoms with van der Waals surface area (Å²) >= 11 is 0. The molecule has 0 radical (unpaired) electrons. The highest BCUT2D eigenvalue weighted by molar-refractivity contribution is 5.67. The van der Waals surface area contributed by atoms with Crippen LogP contribution in [0.3, 0.4) is 0 Å². The van der Waals surface area contributed by atoms with Gasteiger partial charge in [-0.3, -0.25) is 9.88 Å². The first-order valence-electron chi connectivity index (χ1n) is 11.8. The molecule has 0 aliphatic carbocycles. The van der Waals surface area contributed by atoms with E-state index in [0.29, 0.717) is 41.6 Å². The average Bonchev–Trinajstić information content (AvgIpc) is 3.15. The fourth-order valence-corrected chi connectivity index (χ4v) is 4.33. The van der Waals surface area contributed by atoms with Crippen molar-refractivity contribution in [1.82, 2.24) is 24.8 Å². The molecular weight excluding hydrogens is 447 g/mol. The van der Waals surface area contributed by atoms with Crippen LogP contribution in [0.25, 0.3) is 11.3 Å². The van der Waals surface area contributed by atoms with E-state index in [1.165, 1.54) is 0 Å². The summed E-state index contributed by atoms with van der Waals surface area (Å²) in [4.78, 5) is 22.1. The summed E-state index contributed by atoms with van der Waals surface area (Å²) in [5.41, 5.74) is 3.52. The fraction of sp³-hybridized carbons (Fsp3) is 0.400. The summed E-state index contributed by atoms with van der Waals surface area (Å²) in [5.74, 6) is 0.937. The molecule has 1 unspecified atom stereocenters. The van der Waals surface area contributed by atoms with E-state index in [1.807, 2.05) is 17.0 Å². The smallest absolute Gasteiger partial charge is 0.227 e. The summed E-state index contributed by atoms with van der Waals surface area (Å²) in [6, 6.07) is 9.66. The van der Waals surface area contributed by atoms with Crippen LogP contribution in [0.2, 0.25) is 0 Å². The highest BCUT2D eigenvalue weighted by Crippen LogP contribution is 2.27. The lowest BCUT2D eigenvalue weighted by atomic mass is 10.1. The maximum Gasteiger partial charge on any atom is 0.227 e. The molecule has 180 valence electrons. The van der Waals surface area contributed by atoms with Gasteiger partial charge in [-0.25, -0.2) is 19.3 Å². The van der Waals surface area contributed by atoms with Gasteiger partial charge in [0, 0.05) is 50.7 Å². The molecule has 2 saturated heterocycles. The quantitative estimate of drug-likeness (QED) is 0.576. The topological polar surface area (TPSA) is 103 Å². The molecule has 5 heterocycles. The van der Waals surface area contributed by atoms with Crippen LogP contribution in [0.1, 0.15) is 24.1 Å². The van der Waals surface area contributed by atoms with Crippen LogP contribution in [-0.4, -0.2) is 70.4 Å². The van der Waals surface area contributed by atoms with Crippen LogP contribution in [0, 0.1) is 11.3 Å². The average molecular weight is 475 g/mol. The second kappa shape index (κ2) is 10.7. The maximum atomic E-state index is 13.6. The Balaban J connectivity index is 1.27. The van der Waals surface area contributed by atoms with Crippen molar-refractivity contribution in [1.29, 1.82) is 5.26 Å². The Morgan fingerprint density at radius 2 is 2.06 bits per heavy atom. The number of hydrogen-bond donors (Lipinski definition) is 1. The van der Waals surface area contributed by atoms with Crippen molar-refractivity contribution in [2.24, 2.45) is 0 Å². The number of aromatic nitrogens is 4. The normalized spacial score (nSPS) is 18.7. The third-order valence-electron chi connectivity index (χ3n) is 6.15. The zero-order valence-corrected chi connectivity index (χ0v) is 19.4. The fourth-order valence-electron chi connectivity index (χ4n) is 4.33. The van der Waals surface area contributed by atoms with E-state index < -0.39 is 6.17 Å². The van der Waals surface area contributed by atoms with E-state index >= 15 is 0 Å². The number of halogens is 1. The monoisotopic (exact) mass is 474 g/mol. The second-order valence-electron chi connectivity index (χ2n) is 8.71. The molecule has 3 aromatic rings. The highest BCUT2D eigenvalue weighted by Gasteiger charge is 2.25. The Labute approximate surface area is 203 Å². The van der Waals surface area contributed by atoms with Crippen molar-refractivity contribution in [2.75, 3.05) is 49.6 Å². The molecule has 2 aliphatic rings. The van der Waals surface area contributed by atoms with Crippen molar-refractivity contribution in [3.63, 3.8) is 0 Å². The molecule has 10 heteroatoms. The molecular formula is C25H27FN8O. The number of nitrogens with one attached hydrogen (secondary N) is 1. The van der Waals surface area contributed by atoms with E-state index in [9.17, 15) is 9.65 Å². The Kier molecular flexibility index (Phi) is 7.07. The van der Waals surface area contributed by atoms with E-state index in [2.05, 4.69) is 36.2 Å². The molecule has 1 atom stereocenters. The van der Waals surface area contributed by atoms with Crippen LogP contribution in [0.5, 0.6) is 0 Å². The van der Waals surface area contributed by atoms with Crippen LogP contribution in [-0.2, 0) is 11.3 Å². The zero-order chi connectivity index (χ0) is 24.0. The lowest BCUT2D eigenvalue weighted by Crippen LogP contribution is -2.26. The number of alkyl halides is 1. The van der Waals surface area contributed by atoms with Gasteiger partial charge in [-0.2, -0.15) is 5.26 Å². The van der Waals surface area contributed by atoms with Gasteiger partial charge >= 0.3 is 0 Å². The summed E-state index contributed by atoms with van der Waals surface area (Å²) < 4.78 is 19.1. The number of ether oxygens (including phenoxy) is 1. The molecule has 2 aliphatic heterocycles. The third kappa shape index (κ3) is 5.70. The highest BCUT2D eigenvalue weighted by atomic mass is 19.1. The predicted octanol–water partition coefficient (Wildman–Crippen LogP) is 3.32. The minimum atomic E-state index is -0.883. The van der Waals surface area contributed by atoms with Crippen molar-refractivity contribution in [3.8, 4) is 17.3 Å². The second-order valence-corrected chi connectivity index (χ2v) is 8.71. The van der Waals surface area contributed by atoms with Crippen LogP contribution >= 0.6 is 0 Å². The first-order valence-corrected chi connectivity index (χ1v) is 11.8. The van der Waals surface area contributed by atoms with E-state index in [4.69, 9.17) is 4.74 Å². The van der Waals surface area contributed by atoms with E-state index in [0.717, 1.165) is 50.7 Å². The van der Waals surface area contributed by atoms with Gasteiger partial charge in [0.2, 0.25) is 5.95 Å². The Bertz CT molecular complexity index is 1190. The maximum absolute atomic E-state index is 13.6. The summed E-state index contributed by atoms with van der Waals surface area (Å²) in [6.45, 7) is 5.13. The molecule has 5 rings (SSSR count). The van der Waals surface area contributed by atoms with Gasteiger partial charge in [-0.05, 0) is 37.1 Å².